The van der Waals surface area contributed by atoms with Crippen LogP contribution in [-0.4, -0.2) is 39.4 Å². The van der Waals surface area contributed by atoms with Crippen molar-refractivity contribution in [1.82, 2.24) is 0 Å². The Morgan fingerprint density at radius 2 is 1.24 bits per heavy atom. The van der Waals surface area contributed by atoms with E-state index in [0.29, 0.717) is 12.4 Å². The summed E-state index contributed by atoms with van der Waals surface area (Å²) < 4.78 is 20.5. The van der Waals surface area contributed by atoms with Gasteiger partial charge in [-0.2, -0.15) is 0 Å². The molecule has 0 aliphatic rings. The molecule has 0 N–H and O–H groups in total. The first kappa shape index (κ1) is 18.3. The molecule has 2 aromatic carbocycles. The topological polar surface area (TPSA) is 71.1 Å². The highest BCUT2D eigenvalue weighted by molar-refractivity contribution is 5.96. The Balaban J connectivity index is 2.01. The van der Waals surface area contributed by atoms with Gasteiger partial charge in [0, 0.05) is 0 Å². The van der Waals surface area contributed by atoms with E-state index in [0.717, 1.165) is 11.3 Å². The molecule has 0 amide bonds. The van der Waals surface area contributed by atoms with Gasteiger partial charge in [-0.25, -0.2) is 9.59 Å². The summed E-state index contributed by atoms with van der Waals surface area (Å²) in [6.45, 7) is 2.57. The number of carbonyl (C=O) groups is 2. The molecular weight excluding hydrogens is 324 g/mol. The second kappa shape index (κ2) is 8.73. The van der Waals surface area contributed by atoms with Gasteiger partial charge in [-0.3, -0.25) is 0 Å². The number of methoxy groups -OCH3 is 2. The first-order valence-electron chi connectivity index (χ1n) is 7.67. The molecule has 0 saturated heterocycles. The zero-order valence-electron chi connectivity index (χ0n) is 14.4. The van der Waals surface area contributed by atoms with Gasteiger partial charge < -0.3 is 18.9 Å². The highest BCUT2D eigenvalue weighted by Gasteiger charge is 2.14. The molecule has 132 valence electrons. The molecule has 0 spiro atoms. The molecule has 2 aromatic rings. The minimum atomic E-state index is -0.563. The van der Waals surface area contributed by atoms with Crippen LogP contribution in [0.5, 0.6) is 11.5 Å². The fourth-order valence-corrected chi connectivity index (χ4v) is 2.11. The summed E-state index contributed by atoms with van der Waals surface area (Å²) in [5, 5.41) is 0. The van der Waals surface area contributed by atoms with Gasteiger partial charge in [0.1, 0.15) is 24.7 Å². The van der Waals surface area contributed by atoms with Crippen LogP contribution in [0.15, 0.2) is 42.5 Å². The maximum Gasteiger partial charge on any atom is 0.338 e. The van der Waals surface area contributed by atoms with E-state index in [2.05, 4.69) is 9.47 Å². The summed E-state index contributed by atoms with van der Waals surface area (Å²) in [6, 6.07) is 12.1. The van der Waals surface area contributed by atoms with E-state index in [4.69, 9.17) is 9.47 Å². The van der Waals surface area contributed by atoms with Gasteiger partial charge in [-0.15, -0.1) is 0 Å². The maximum atomic E-state index is 11.7. The smallest absolute Gasteiger partial charge is 0.338 e. The van der Waals surface area contributed by atoms with Crippen LogP contribution in [0, 0.1) is 6.92 Å². The predicted molar refractivity (Wildman–Crippen MR) is 91.3 cm³/mol. The summed E-state index contributed by atoms with van der Waals surface area (Å²) >= 11 is 0. The lowest BCUT2D eigenvalue weighted by molar-refractivity contribution is 0.0598. The van der Waals surface area contributed by atoms with Crippen LogP contribution in [0.4, 0.5) is 0 Å². The third-order valence-corrected chi connectivity index (χ3v) is 3.39. The molecule has 0 bridgehead atoms. The van der Waals surface area contributed by atoms with Crippen molar-refractivity contribution in [2.24, 2.45) is 0 Å². The first-order chi connectivity index (χ1) is 12.0. The number of rotatable bonds is 7. The number of hydrogen-bond donors (Lipinski definition) is 0. The summed E-state index contributed by atoms with van der Waals surface area (Å²) in [6.07, 6.45) is 0. The number of carbonyl (C=O) groups excluding carboxylic acids is 2. The van der Waals surface area contributed by atoms with E-state index in [-0.39, 0.29) is 17.7 Å². The van der Waals surface area contributed by atoms with Crippen molar-refractivity contribution in [3.8, 4) is 11.5 Å². The summed E-state index contributed by atoms with van der Waals surface area (Å²) in [5.41, 5.74) is 1.57. The van der Waals surface area contributed by atoms with Crippen LogP contribution in [0.1, 0.15) is 26.3 Å². The van der Waals surface area contributed by atoms with Crippen molar-refractivity contribution in [2.75, 3.05) is 27.4 Å². The Kier molecular flexibility index (Phi) is 6.39. The molecule has 0 aromatic heterocycles. The van der Waals surface area contributed by atoms with Crippen molar-refractivity contribution in [3.63, 3.8) is 0 Å². The molecule has 0 atom stereocenters. The molecule has 25 heavy (non-hydrogen) atoms. The third-order valence-electron chi connectivity index (χ3n) is 3.39. The summed E-state index contributed by atoms with van der Waals surface area (Å²) in [7, 11) is 2.53. The van der Waals surface area contributed by atoms with Gasteiger partial charge in [0.2, 0.25) is 0 Å². The number of benzene rings is 2. The Bertz CT molecular complexity index is 702. The lowest BCUT2D eigenvalue weighted by Gasteiger charge is -2.11. The van der Waals surface area contributed by atoms with Crippen LogP contribution in [0.3, 0.4) is 0 Å². The Morgan fingerprint density at radius 1 is 0.760 bits per heavy atom. The van der Waals surface area contributed by atoms with Crippen molar-refractivity contribution >= 4 is 11.9 Å². The SMILES string of the molecule is COC(=O)c1cc(OCCOc2ccc(C)cc2)cc(C(=O)OC)c1. The van der Waals surface area contributed by atoms with Gasteiger partial charge in [0.15, 0.2) is 0 Å². The van der Waals surface area contributed by atoms with Gasteiger partial charge >= 0.3 is 11.9 Å². The summed E-state index contributed by atoms with van der Waals surface area (Å²) in [4.78, 5) is 23.4. The zero-order chi connectivity index (χ0) is 18.2. The van der Waals surface area contributed by atoms with E-state index >= 15 is 0 Å². The lowest BCUT2D eigenvalue weighted by atomic mass is 10.1. The molecule has 6 nitrogen and oxygen atoms in total. The van der Waals surface area contributed by atoms with Gasteiger partial charge in [0.05, 0.1) is 25.3 Å². The average molecular weight is 344 g/mol. The van der Waals surface area contributed by atoms with Crippen molar-refractivity contribution < 1.29 is 28.5 Å². The van der Waals surface area contributed by atoms with Crippen LogP contribution in [0.2, 0.25) is 0 Å². The quantitative estimate of drug-likeness (QED) is 0.568. The predicted octanol–water partition coefficient (Wildman–Crippen LogP) is 3.03. The minimum Gasteiger partial charge on any atom is -0.490 e. The fourth-order valence-electron chi connectivity index (χ4n) is 2.11. The number of ether oxygens (including phenoxy) is 4. The normalized spacial score (nSPS) is 10.0. The molecule has 2 rings (SSSR count). The van der Waals surface area contributed by atoms with E-state index in [1.807, 2.05) is 31.2 Å². The molecule has 6 heteroatoms. The zero-order valence-corrected chi connectivity index (χ0v) is 14.4. The Morgan fingerprint density at radius 3 is 1.72 bits per heavy atom. The molecule has 0 heterocycles. The molecule has 0 aliphatic heterocycles. The molecule has 0 aliphatic carbocycles. The Hall–Kier alpha value is -3.02. The molecule has 0 saturated carbocycles. The minimum absolute atomic E-state index is 0.208. The van der Waals surface area contributed by atoms with E-state index < -0.39 is 11.9 Å². The van der Waals surface area contributed by atoms with Crippen molar-refractivity contribution in [2.45, 2.75) is 6.92 Å². The highest BCUT2D eigenvalue weighted by Crippen LogP contribution is 2.19. The van der Waals surface area contributed by atoms with Crippen molar-refractivity contribution in [1.29, 1.82) is 0 Å². The van der Waals surface area contributed by atoms with Crippen LogP contribution in [-0.2, 0) is 9.47 Å². The second-order valence-electron chi connectivity index (χ2n) is 5.24. The van der Waals surface area contributed by atoms with Crippen LogP contribution in [0.25, 0.3) is 0 Å². The van der Waals surface area contributed by atoms with Crippen molar-refractivity contribution in [3.05, 3.63) is 59.2 Å². The average Bonchev–Trinajstić information content (AvgIpc) is 2.65. The van der Waals surface area contributed by atoms with E-state index in [9.17, 15) is 9.59 Å². The third kappa shape index (κ3) is 5.24. The van der Waals surface area contributed by atoms with Gasteiger partial charge in [-0.05, 0) is 37.3 Å². The maximum absolute atomic E-state index is 11.7. The molecule has 0 radical (unpaired) electrons. The summed E-state index contributed by atoms with van der Waals surface area (Å²) in [5.74, 6) is -0.0263. The fraction of sp³-hybridized carbons (Fsp3) is 0.263. The van der Waals surface area contributed by atoms with E-state index in [1.165, 1.54) is 32.4 Å². The van der Waals surface area contributed by atoms with E-state index in [1.54, 1.807) is 0 Å². The molecule has 0 unspecified atom stereocenters. The molecular formula is C19H20O6. The highest BCUT2D eigenvalue weighted by atomic mass is 16.5. The monoisotopic (exact) mass is 344 g/mol. The largest absolute Gasteiger partial charge is 0.490 e. The number of aryl methyl sites for hydroxylation is 1. The number of esters is 2. The standard InChI is InChI=1S/C19H20O6/c1-13-4-6-16(7-5-13)24-8-9-25-17-11-14(18(20)22-2)10-15(12-17)19(21)23-3/h4-7,10-12H,8-9H2,1-3H3. The molecule has 0 fully saturated rings. The second-order valence-corrected chi connectivity index (χ2v) is 5.24. The number of hydrogen-bond acceptors (Lipinski definition) is 6. The Labute approximate surface area is 146 Å². The van der Waals surface area contributed by atoms with Gasteiger partial charge in [0.25, 0.3) is 0 Å². The first-order valence-corrected chi connectivity index (χ1v) is 7.67. The lowest BCUT2D eigenvalue weighted by Crippen LogP contribution is -2.11. The van der Waals surface area contributed by atoms with Gasteiger partial charge in [-0.1, -0.05) is 17.7 Å². The van der Waals surface area contributed by atoms with Crippen LogP contribution < -0.4 is 9.47 Å². The van der Waals surface area contributed by atoms with Crippen LogP contribution >= 0.6 is 0 Å².